The number of ether oxygens (including phenoxy) is 2. The lowest BCUT2D eigenvalue weighted by Gasteiger charge is -2.27. The number of halogens is 1. The van der Waals surface area contributed by atoms with Crippen molar-refractivity contribution in [3.8, 4) is 5.75 Å². The number of methoxy groups -OCH3 is 1. The zero-order valence-electron chi connectivity index (χ0n) is 19.0. The van der Waals surface area contributed by atoms with Gasteiger partial charge in [0.05, 0.1) is 25.5 Å². The maximum absolute atomic E-state index is 10.6. The number of rotatable bonds is 12. The van der Waals surface area contributed by atoms with Crippen molar-refractivity contribution in [2.75, 3.05) is 33.4 Å². The Bertz CT molecular complexity index is 873. The predicted octanol–water partition coefficient (Wildman–Crippen LogP) is 4.38. The average Bonchev–Trinajstić information content (AvgIpc) is 3.22. The van der Waals surface area contributed by atoms with Crippen LogP contribution in [0.25, 0.3) is 0 Å². The Morgan fingerprint density at radius 1 is 1.19 bits per heavy atom. The van der Waals surface area contributed by atoms with Gasteiger partial charge in [-0.3, -0.25) is 4.90 Å². The van der Waals surface area contributed by atoms with Crippen molar-refractivity contribution in [1.82, 2.24) is 4.90 Å². The van der Waals surface area contributed by atoms with Crippen LogP contribution in [0.4, 0.5) is 0 Å². The van der Waals surface area contributed by atoms with Gasteiger partial charge >= 0.3 is 0 Å². The topological polar surface area (TPSA) is 63.5 Å². The minimum Gasteiger partial charge on any atom is -0.497 e. The summed E-state index contributed by atoms with van der Waals surface area (Å²) in [4.78, 5) is 7.92. The lowest BCUT2D eigenvalue weighted by Crippen LogP contribution is -2.39. The third-order valence-corrected chi connectivity index (χ3v) is 5.39. The van der Waals surface area contributed by atoms with E-state index in [2.05, 4.69) is 30.0 Å². The maximum Gasteiger partial charge on any atom is 0.145 e. The van der Waals surface area contributed by atoms with Crippen molar-refractivity contribution in [1.29, 1.82) is 0 Å². The highest BCUT2D eigenvalue weighted by Gasteiger charge is 2.26. The van der Waals surface area contributed by atoms with E-state index in [1.165, 1.54) is 0 Å². The Morgan fingerprint density at radius 2 is 1.97 bits per heavy atom. The average molecular weight is 461 g/mol. The van der Waals surface area contributed by atoms with E-state index in [1.807, 2.05) is 42.5 Å². The van der Waals surface area contributed by atoms with Gasteiger partial charge in [-0.2, -0.15) is 0 Å². The van der Waals surface area contributed by atoms with Gasteiger partial charge < -0.3 is 19.4 Å². The van der Waals surface area contributed by atoms with Crippen molar-refractivity contribution < 1.29 is 19.4 Å². The zero-order valence-corrected chi connectivity index (χ0v) is 19.8. The van der Waals surface area contributed by atoms with E-state index in [0.717, 1.165) is 22.6 Å². The standard InChI is InChI=1S/C25H33ClN2O4/c1-18(2)16-31-17-22(29)14-28(13-19-5-4-6-23(11-19)30-3)15-24-12-25(27-32-24)20-7-9-21(26)10-8-20/h4-11,18,22,24,29H,12-17H2,1-3H3/t22-,24+/m1/s1. The van der Waals surface area contributed by atoms with E-state index in [0.29, 0.717) is 50.2 Å². The third kappa shape index (κ3) is 7.78. The normalized spacial score (nSPS) is 16.8. The van der Waals surface area contributed by atoms with Crippen molar-refractivity contribution in [3.63, 3.8) is 0 Å². The molecule has 0 aliphatic carbocycles. The van der Waals surface area contributed by atoms with Crippen LogP contribution in [-0.4, -0.2) is 61.3 Å². The maximum atomic E-state index is 10.6. The van der Waals surface area contributed by atoms with Crippen LogP contribution in [0.2, 0.25) is 5.02 Å². The molecule has 174 valence electrons. The van der Waals surface area contributed by atoms with Crippen molar-refractivity contribution >= 4 is 17.3 Å². The van der Waals surface area contributed by atoms with E-state index >= 15 is 0 Å². The third-order valence-electron chi connectivity index (χ3n) is 5.14. The number of hydrogen-bond donors (Lipinski definition) is 1. The van der Waals surface area contributed by atoms with Gasteiger partial charge in [0.1, 0.15) is 11.9 Å². The van der Waals surface area contributed by atoms with Crippen LogP contribution < -0.4 is 4.74 Å². The summed E-state index contributed by atoms with van der Waals surface area (Å²) in [6, 6.07) is 15.6. The molecule has 0 radical (unpaired) electrons. The van der Waals surface area contributed by atoms with E-state index in [-0.39, 0.29) is 6.10 Å². The van der Waals surface area contributed by atoms with E-state index in [1.54, 1.807) is 7.11 Å². The fourth-order valence-corrected chi connectivity index (χ4v) is 3.78. The molecule has 3 rings (SSSR count). The summed E-state index contributed by atoms with van der Waals surface area (Å²) in [5.74, 6) is 1.25. The second-order valence-electron chi connectivity index (χ2n) is 8.61. The molecule has 0 unspecified atom stereocenters. The first kappa shape index (κ1) is 24.5. The second-order valence-corrected chi connectivity index (χ2v) is 9.04. The van der Waals surface area contributed by atoms with Crippen molar-refractivity contribution in [3.05, 3.63) is 64.7 Å². The van der Waals surface area contributed by atoms with Gasteiger partial charge in [0.15, 0.2) is 0 Å². The Labute approximate surface area is 195 Å². The van der Waals surface area contributed by atoms with Gasteiger partial charge in [-0.15, -0.1) is 0 Å². The molecule has 2 aromatic carbocycles. The summed E-state index contributed by atoms with van der Waals surface area (Å²) in [5.41, 5.74) is 3.03. The molecule has 0 spiro atoms. The molecule has 2 atom stereocenters. The molecule has 1 heterocycles. The van der Waals surface area contributed by atoms with Gasteiger partial charge in [-0.25, -0.2) is 0 Å². The Kier molecular flexibility index (Phi) is 9.36. The molecular weight excluding hydrogens is 428 g/mol. The van der Waals surface area contributed by atoms with Crippen LogP contribution >= 0.6 is 11.6 Å². The number of aliphatic hydroxyl groups excluding tert-OH is 1. The number of aliphatic hydroxyl groups is 1. The summed E-state index contributed by atoms with van der Waals surface area (Å²) in [5, 5.41) is 15.6. The molecule has 0 bridgehead atoms. The molecule has 0 aromatic heterocycles. The Hall–Kier alpha value is -2.12. The highest BCUT2D eigenvalue weighted by atomic mass is 35.5. The van der Waals surface area contributed by atoms with Crippen LogP contribution in [-0.2, 0) is 16.1 Å². The summed E-state index contributed by atoms with van der Waals surface area (Å²) < 4.78 is 11.0. The number of benzene rings is 2. The van der Waals surface area contributed by atoms with Crippen LogP contribution in [0, 0.1) is 5.92 Å². The molecule has 0 amide bonds. The molecular formula is C25H33ClN2O4. The molecule has 0 saturated carbocycles. The van der Waals surface area contributed by atoms with Crippen LogP contribution in [0.5, 0.6) is 5.75 Å². The first-order valence-corrected chi connectivity index (χ1v) is 11.4. The molecule has 2 aromatic rings. The molecule has 32 heavy (non-hydrogen) atoms. The number of nitrogens with zero attached hydrogens (tertiary/aromatic N) is 2. The first-order chi connectivity index (χ1) is 15.4. The van der Waals surface area contributed by atoms with Gasteiger partial charge in [-0.05, 0) is 41.3 Å². The largest absolute Gasteiger partial charge is 0.497 e. The van der Waals surface area contributed by atoms with E-state index in [9.17, 15) is 5.11 Å². The van der Waals surface area contributed by atoms with Crippen LogP contribution in [0.1, 0.15) is 31.4 Å². The minimum absolute atomic E-state index is 0.0879. The molecule has 6 nitrogen and oxygen atoms in total. The SMILES string of the molecule is COc1cccc(CN(C[C@@H](O)COCC(C)C)C[C@@H]2CC(c3ccc(Cl)cc3)=NO2)c1. The summed E-state index contributed by atoms with van der Waals surface area (Å²) in [7, 11) is 1.66. The molecule has 0 fully saturated rings. The van der Waals surface area contributed by atoms with Crippen LogP contribution in [0.3, 0.4) is 0 Å². The summed E-state index contributed by atoms with van der Waals surface area (Å²) >= 11 is 6.00. The first-order valence-electron chi connectivity index (χ1n) is 11.0. The zero-order chi connectivity index (χ0) is 22.9. The molecule has 7 heteroatoms. The van der Waals surface area contributed by atoms with Gasteiger partial charge in [0.25, 0.3) is 0 Å². The Balaban J connectivity index is 1.61. The molecule has 1 aliphatic heterocycles. The molecule has 1 N–H and O–H groups in total. The lowest BCUT2D eigenvalue weighted by molar-refractivity contribution is -0.00735. The quantitative estimate of drug-likeness (QED) is 0.509. The lowest BCUT2D eigenvalue weighted by atomic mass is 10.0. The summed E-state index contributed by atoms with van der Waals surface area (Å²) in [6.07, 6.45) is 0.0309. The number of hydrogen-bond acceptors (Lipinski definition) is 6. The summed E-state index contributed by atoms with van der Waals surface area (Å²) in [6.45, 7) is 6.91. The second kappa shape index (κ2) is 12.2. The highest BCUT2D eigenvalue weighted by Crippen LogP contribution is 2.21. The van der Waals surface area contributed by atoms with Crippen molar-refractivity contribution in [2.24, 2.45) is 11.1 Å². The fourth-order valence-electron chi connectivity index (χ4n) is 3.65. The predicted molar refractivity (Wildman–Crippen MR) is 127 cm³/mol. The monoisotopic (exact) mass is 460 g/mol. The van der Waals surface area contributed by atoms with Gasteiger partial charge in [-0.1, -0.05) is 54.9 Å². The van der Waals surface area contributed by atoms with Crippen molar-refractivity contribution in [2.45, 2.75) is 39.0 Å². The van der Waals surface area contributed by atoms with Crippen LogP contribution in [0.15, 0.2) is 53.7 Å². The smallest absolute Gasteiger partial charge is 0.145 e. The van der Waals surface area contributed by atoms with Gasteiger partial charge in [0.2, 0.25) is 0 Å². The van der Waals surface area contributed by atoms with Gasteiger partial charge in [0, 0.05) is 37.7 Å². The minimum atomic E-state index is -0.586. The van der Waals surface area contributed by atoms with E-state index < -0.39 is 6.10 Å². The Morgan fingerprint density at radius 3 is 2.69 bits per heavy atom. The van der Waals surface area contributed by atoms with E-state index in [4.69, 9.17) is 25.9 Å². The molecule has 1 aliphatic rings. The molecule has 0 saturated heterocycles. The fraction of sp³-hybridized carbons (Fsp3) is 0.480. The highest BCUT2D eigenvalue weighted by molar-refractivity contribution is 6.30. The number of oxime groups is 1.